The number of rotatable bonds is 9. The van der Waals surface area contributed by atoms with Gasteiger partial charge in [-0.05, 0) is 69.9 Å². The van der Waals surface area contributed by atoms with E-state index in [9.17, 15) is 0 Å². The average Bonchev–Trinajstić information content (AvgIpc) is 2.81. The highest BCUT2D eigenvalue weighted by Gasteiger charge is 2.30. The van der Waals surface area contributed by atoms with Crippen LogP contribution in [0.1, 0.15) is 37.8 Å². The van der Waals surface area contributed by atoms with Crippen LogP contribution in [-0.4, -0.2) is 88.9 Å². The van der Waals surface area contributed by atoms with Gasteiger partial charge in [0.2, 0.25) is 0 Å². The van der Waals surface area contributed by atoms with E-state index < -0.39 is 0 Å². The highest BCUT2D eigenvalue weighted by Crippen LogP contribution is 2.35. The first kappa shape index (κ1) is 27.1. The minimum absolute atomic E-state index is 0. The maximum absolute atomic E-state index is 5.43. The van der Waals surface area contributed by atoms with Crippen LogP contribution in [0.3, 0.4) is 0 Å². The fraction of sp³-hybridized carbons (Fsp3) is 0.708. The quantitative estimate of drug-likeness (QED) is 0.210. The van der Waals surface area contributed by atoms with Gasteiger partial charge in [-0.15, -0.1) is 24.0 Å². The summed E-state index contributed by atoms with van der Waals surface area (Å²) >= 11 is 0. The zero-order valence-electron chi connectivity index (χ0n) is 20.0. The molecule has 2 aliphatic heterocycles. The Morgan fingerprint density at radius 1 is 1.16 bits per heavy atom. The van der Waals surface area contributed by atoms with E-state index in [1.54, 1.807) is 7.11 Å². The van der Waals surface area contributed by atoms with Gasteiger partial charge in [0.25, 0.3) is 0 Å². The molecule has 2 fully saturated rings. The van der Waals surface area contributed by atoms with E-state index in [0.717, 1.165) is 77.2 Å². The number of nitrogens with zero attached hydrogens (tertiary/aromatic N) is 3. The van der Waals surface area contributed by atoms with Crippen molar-refractivity contribution in [3.8, 4) is 5.75 Å². The van der Waals surface area contributed by atoms with Crippen molar-refractivity contribution < 1.29 is 9.47 Å². The zero-order valence-corrected chi connectivity index (χ0v) is 22.3. The summed E-state index contributed by atoms with van der Waals surface area (Å²) in [5, 5.41) is 6.95. The van der Waals surface area contributed by atoms with Crippen LogP contribution in [0.15, 0.2) is 29.3 Å². The summed E-state index contributed by atoms with van der Waals surface area (Å²) in [7, 11) is 3.95. The molecular weight excluding hydrogens is 517 g/mol. The van der Waals surface area contributed by atoms with Gasteiger partial charge < -0.3 is 20.1 Å². The lowest BCUT2D eigenvalue weighted by Gasteiger charge is -2.39. The Morgan fingerprint density at radius 2 is 1.91 bits per heavy atom. The molecule has 1 aromatic carbocycles. The van der Waals surface area contributed by atoms with Crippen molar-refractivity contribution in [3.63, 3.8) is 0 Å². The van der Waals surface area contributed by atoms with Crippen molar-refractivity contribution in [2.24, 2.45) is 10.9 Å². The molecule has 0 aromatic heterocycles. The third kappa shape index (κ3) is 8.35. The Hall–Kier alpha value is -1.10. The molecule has 0 spiro atoms. The summed E-state index contributed by atoms with van der Waals surface area (Å²) in [4.78, 5) is 9.93. The maximum atomic E-state index is 5.43. The maximum Gasteiger partial charge on any atom is 0.191 e. The number of methoxy groups -OCH3 is 1. The molecule has 3 rings (SSSR count). The number of halogens is 1. The van der Waals surface area contributed by atoms with Gasteiger partial charge in [0.05, 0.1) is 20.3 Å². The van der Waals surface area contributed by atoms with Crippen LogP contribution in [0.4, 0.5) is 0 Å². The summed E-state index contributed by atoms with van der Waals surface area (Å²) in [6, 6.07) is 8.94. The first-order chi connectivity index (χ1) is 15.2. The first-order valence-corrected chi connectivity index (χ1v) is 11.9. The summed E-state index contributed by atoms with van der Waals surface area (Å²) in [5.74, 6) is 2.36. The molecule has 1 aromatic rings. The molecule has 2 heterocycles. The van der Waals surface area contributed by atoms with Gasteiger partial charge in [-0.3, -0.25) is 14.8 Å². The number of guanidine groups is 1. The van der Waals surface area contributed by atoms with Gasteiger partial charge in [0, 0.05) is 38.8 Å². The Kier molecular flexibility index (Phi) is 12.7. The van der Waals surface area contributed by atoms with E-state index >= 15 is 0 Å². The largest absolute Gasteiger partial charge is 0.497 e. The van der Waals surface area contributed by atoms with Gasteiger partial charge in [0.15, 0.2) is 5.96 Å². The Bertz CT molecular complexity index is 667. The number of piperidine rings is 1. The van der Waals surface area contributed by atoms with Crippen molar-refractivity contribution >= 4 is 29.9 Å². The summed E-state index contributed by atoms with van der Waals surface area (Å²) in [6.07, 6.45) is 3.55. The fourth-order valence-electron chi connectivity index (χ4n) is 4.66. The SMILES string of the molecule is CCNC(=NCC1CCCN(C)C1c1ccc(OC)cc1)NCCCN1CCOCC1.I. The lowest BCUT2D eigenvalue weighted by Crippen LogP contribution is -2.41. The van der Waals surface area contributed by atoms with Crippen LogP contribution < -0.4 is 15.4 Å². The highest BCUT2D eigenvalue weighted by atomic mass is 127. The van der Waals surface area contributed by atoms with E-state index in [1.807, 2.05) is 0 Å². The first-order valence-electron chi connectivity index (χ1n) is 11.9. The molecular formula is C24H42IN5O2. The van der Waals surface area contributed by atoms with E-state index in [0.29, 0.717) is 12.0 Å². The molecule has 7 nitrogen and oxygen atoms in total. The van der Waals surface area contributed by atoms with Crippen molar-refractivity contribution in [3.05, 3.63) is 29.8 Å². The smallest absolute Gasteiger partial charge is 0.191 e. The predicted octanol–water partition coefficient (Wildman–Crippen LogP) is 2.97. The molecule has 0 amide bonds. The third-order valence-corrected chi connectivity index (χ3v) is 6.34. The van der Waals surface area contributed by atoms with Crippen LogP contribution in [0.25, 0.3) is 0 Å². The number of aliphatic imine (C=N–C) groups is 1. The molecule has 0 radical (unpaired) electrons. The van der Waals surface area contributed by atoms with Crippen LogP contribution in [-0.2, 0) is 4.74 Å². The minimum atomic E-state index is 0. The number of benzene rings is 1. The van der Waals surface area contributed by atoms with Crippen LogP contribution in [0.2, 0.25) is 0 Å². The molecule has 182 valence electrons. The van der Waals surface area contributed by atoms with Crippen molar-refractivity contribution in [1.29, 1.82) is 0 Å². The molecule has 0 aliphatic carbocycles. The number of likely N-dealkylation sites (tertiary alicyclic amines) is 1. The summed E-state index contributed by atoms with van der Waals surface area (Å²) in [5.41, 5.74) is 1.35. The van der Waals surface area contributed by atoms with E-state index in [-0.39, 0.29) is 24.0 Å². The van der Waals surface area contributed by atoms with Gasteiger partial charge >= 0.3 is 0 Å². The van der Waals surface area contributed by atoms with E-state index in [2.05, 4.69) is 58.7 Å². The predicted molar refractivity (Wildman–Crippen MR) is 142 cm³/mol. The van der Waals surface area contributed by atoms with Crippen LogP contribution in [0, 0.1) is 5.92 Å². The van der Waals surface area contributed by atoms with Crippen molar-refractivity contribution in [2.75, 3.05) is 73.2 Å². The molecule has 0 saturated carbocycles. The molecule has 8 heteroatoms. The third-order valence-electron chi connectivity index (χ3n) is 6.34. The average molecular weight is 560 g/mol. The van der Waals surface area contributed by atoms with Gasteiger partial charge in [-0.2, -0.15) is 0 Å². The zero-order chi connectivity index (χ0) is 21.9. The normalized spacial score (nSPS) is 22.8. The van der Waals surface area contributed by atoms with Crippen LogP contribution in [0.5, 0.6) is 5.75 Å². The fourth-order valence-corrected chi connectivity index (χ4v) is 4.66. The molecule has 2 N–H and O–H groups in total. The number of hydrogen-bond acceptors (Lipinski definition) is 5. The summed E-state index contributed by atoms with van der Waals surface area (Å²) in [6.45, 7) is 10.9. The number of hydrogen-bond donors (Lipinski definition) is 2. The minimum Gasteiger partial charge on any atom is -0.497 e. The van der Waals surface area contributed by atoms with Gasteiger partial charge in [-0.1, -0.05) is 12.1 Å². The molecule has 2 unspecified atom stereocenters. The molecule has 2 aliphatic rings. The Labute approximate surface area is 211 Å². The Balaban J connectivity index is 0.00000363. The number of morpholine rings is 1. The highest BCUT2D eigenvalue weighted by molar-refractivity contribution is 14.0. The van der Waals surface area contributed by atoms with E-state index in [4.69, 9.17) is 14.5 Å². The van der Waals surface area contributed by atoms with Crippen molar-refractivity contribution in [1.82, 2.24) is 20.4 Å². The molecule has 32 heavy (non-hydrogen) atoms. The lowest BCUT2D eigenvalue weighted by atomic mass is 9.85. The molecule has 0 bridgehead atoms. The second kappa shape index (κ2) is 14.9. The summed E-state index contributed by atoms with van der Waals surface area (Å²) < 4.78 is 10.8. The lowest BCUT2D eigenvalue weighted by molar-refractivity contribution is 0.0376. The Morgan fingerprint density at radius 3 is 2.59 bits per heavy atom. The molecule has 2 atom stereocenters. The van der Waals surface area contributed by atoms with Crippen LogP contribution >= 0.6 is 24.0 Å². The van der Waals surface area contributed by atoms with Crippen molar-refractivity contribution in [2.45, 2.75) is 32.2 Å². The second-order valence-corrected chi connectivity index (χ2v) is 8.55. The monoisotopic (exact) mass is 559 g/mol. The number of nitrogens with one attached hydrogen (secondary N) is 2. The van der Waals surface area contributed by atoms with Gasteiger partial charge in [0.1, 0.15) is 5.75 Å². The van der Waals surface area contributed by atoms with Gasteiger partial charge in [-0.25, -0.2) is 0 Å². The topological polar surface area (TPSA) is 61.4 Å². The standard InChI is InChI=1S/C24H41N5O2.HI/c1-4-25-24(26-12-6-14-29-15-17-31-18-16-29)27-19-21-7-5-13-28(2)23(21)20-8-10-22(30-3)11-9-20;/h8-11,21,23H,4-7,12-19H2,1-3H3,(H2,25,26,27);1H. The van der Waals surface area contributed by atoms with E-state index in [1.165, 1.54) is 18.4 Å². The number of ether oxygens (including phenoxy) is 2. The molecule has 2 saturated heterocycles. The second-order valence-electron chi connectivity index (χ2n) is 8.55.